The van der Waals surface area contributed by atoms with Gasteiger partial charge in [0.25, 0.3) is 0 Å². The lowest BCUT2D eigenvalue weighted by Crippen LogP contribution is -1.96. The molecule has 0 aliphatic heterocycles. The standard InChI is InChI=1S/C13H15N3S2/c1-9-3-5-10(6-4-9)8-18-13-15-11(14)7-12(16-13)17-2/h3-7H,8H2,1-2H3,(H2,14,15,16). The maximum absolute atomic E-state index is 5.75. The lowest BCUT2D eigenvalue weighted by molar-refractivity contribution is 0.900. The number of nitrogens with zero attached hydrogens (tertiary/aromatic N) is 2. The topological polar surface area (TPSA) is 51.8 Å². The van der Waals surface area contributed by atoms with Crippen molar-refractivity contribution >= 4 is 29.3 Å². The van der Waals surface area contributed by atoms with Crippen LogP contribution in [0.3, 0.4) is 0 Å². The van der Waals surface area contributed by atoms with E-state index in [1.54, 1.807) is 29.6 Å². The molecule has 0 saturated carbocycles. The van der Waals surface area contributed by atoms with Crippen LogP contribution in [0.4, 0.5) is 5.82 Å². The Labute approximate surface area is 116 Å². The van der Waals surface area contributed by atoms with Crippen LogP contribution in [0.5, 0.6) is 0 Å². The van der Waals surface area contributed by atoms with E-state index in [2.05, 4.69) is 41.2 Å². The van der Waals surface area contributed by atoms with Gasteiger partial charge in [-0.15, -0.1) is 11.8 Å². The van der Waals surface area contributed by atoms with E-state index < -0.39 is 0 Å². The van der Waals surface area contributed by atoms with Crippen molar-refractivity contribution in [2.45, 2.75) is 22.9 Å². The third kappa shape index (κ3) is 3.65. The molecule has 0 spiro atoms. The summed E-state index contributed by atoms with van der Waals surface area (Å²) in [5.74, 6) is 1.39. The van der Waals surface area contributed by atoms with E-state index in [9.17, 15) is 0 Å². The van der Waals surface area contributed by atoms with E-state index in [0.717, 1.165) is 15.9 Å². The second kappa shape index (κ2) is 6.11. The van der Waals surface area contributed by atoms with Gasteiger partial charge in [-0.25, -0.2) is 9.97 Å². The molecule has 0 atom stereocenters. The van der Waals surface area contributed by atoms with E-state index in [-0.39, 0.29) is 0 Å². The van der Waals surface area contributed by atoms with E-state index in [0.29, 0.717) is 5.82 Å². The highest BCUT2D eigenvalue weighted by atomic mass is 32.2. The molecule has 1 aromatic heterocycles. The second-order valence-electron chi connectivity index (χ2n) is 3.89. The zero-order chi connectivity index (χ0) is 13.0. The number of thioether (sulfide) groups is 2. The highest BCUT2D eigenvalue weighted by molar-refractivity contribution is 7.99. The fraction of sp³-hybridized carbons (Fsp3) is 0.231. The molecule has 1 heterocycles. The molecule has 18 heavy (non-hydrogen) atoms. The predicted octanol–water partition coefficient (Wildman–Crippen LogP) is 3.38. The second-order valence-corrected chi connectivity index (χ2v) is 5.66. The van der Waals surface area contributed by atoms with Gasteiger partial charge in [0.1, 0.15) is 10.8 Å². The number of nitrogen functional groups attached to an aromatic ring is 1. The van der Waals surface area contributed by atoms with Gasteiger partial charge in [0.2, 0.25) is 0 Å². The van der Waals surface area contributed by atoms with Crippen LogP contribution in [-0.4, -0.2) is 16.2 Å². The summed E-state index contributed by atoms with van der Waals surface area (Å²) < 4.78 is 0. The average molecular weight is 277 g/mol. The Kier molecular flexibility index (Phi) is 4.49. The third-order valence-electron chi connectivity index (χ3n) is 2.40. The maximum Gasteiger partial charge on any atom is 0.190 e. The van der Waals surface area contributed by atoms with E-state index in [4.69, 9.17) is 5.73 Å². The van der Waals surface area contributed by atoms with Crippen molar-refractivity contribution in [1.29, 1.82) is 0 Å². The average Bonchev–Trinajstić information content (AvgIpc) is 2.37. The Bertz CT molecular complexity index is 526. The molecule has 0 radical (unpaired) electrons. The molecular formula is C13H15N3S2. The normalized spacial score (nSPS) is 10.6. The quantitative estimate of drug-likeness (QED) is 0.527. The van der Waals surface area contributed by atoms with Gasteiger partial charge in [-0.3, -0.25) is 0 Å². The Morgan fingerprint density at radius 2 is 1.89 bits per heavy atom. The van der Waals surface area contributed by atoms with Crippen molar-refractivity contribution < 1.29 is 0 Å². The van der Waals surface area contributed by atoms with Gasteiger partial charge in [-0.05, 0) is 18.7 Å². The Morgan fingerprint density at radius 3 is 2.56 bits per heavy atom. The molecule has 0 bridgehead atoms. The van der Waals surface area contributed by atoms with Gasteiger partial charge in [0.15, 0.2) is 5.16 Å². The number of aryl methyl sites for hydroxylation is 1. The number of hydrogen-bond acceptors (Lipinski definition) is 5. The number of anilines is 1. The molecule has 0 saturated heterocycles. The van der Waals surface area contributed by atoms with Crippen LogP contribution in [0.25, 0.3) is 0 Å². The van der Waals surface area contributed by atoms with Gasteiger partial charge in [0, 0.05) is 11.8 Å². The Hall–Kier alpha value is -1.20. The van der Waals surface area contributed by atoms with Crippen molar-refractivity contribution in [3.8, 4) is 0 Å². The lowest BCUT2D eigenvalue weighted by atomic mass is 10.2. The van der Waals surface area contributed by atoms with E-state index in [1.165, 1.54) is 11.1 Å². The highest BCUT2D eigenvalue weighted by Crippen LogP contribution is 2.23. The molecule has 2 aromatic rings. The number of hydrogen-bond donors (Lipinski definition) is 1. The zero-order valence-electron chi connectivity index (χ0n) is 10.4. The van der Waals surface area contributed by atoms with Crippen molar-refractivity contribution in [1.82, 2.24) is 9.97 Å². The third-order valence-corrected chi connectivity index (χ3v) is 3.95. The van der Waals surface area contributed by atoms with E-state index in [1.807, 2.05) is 6.26 Å². The van der Waals surface area contributed by atoms with Gasteiger partial charge >= 0.3 is 0 Å². The van der Waals surface area contributed by atoms with Gasteiger partial charge < -0.3 is 5.73 Å². The van der Waals surface area contributed by atoms with Crippen LogP contribution >= 0.6 is 23.5 Å². The number of aromatic nitrogens is 2. The van der Waals surface area contributed by atoms with Gasteiger partial charge in [0.05, 0.1) is 0 Å². The molecule has 1 aromatic carbocycles. The first-order valence-corrected chi connectivity index (χ1v) is 7.75. The van der Waals surface area contributed by atoms with Crippen molar-refractivity contribution in [3.05, 3.63) is 41.5 Å². The van der Waals surface area contributed by atoms with Gasteiger partial charge in [-0.1, -0.05) is 41.6 Å². The molecule has 2 rings (SSSR count). The summed E-state index contributed by atoms with van der Waals surface area (Å²) in [6, 6.07) is 10.3. The number of benzene rings is 1. The van der Waals surface area contributed by atoms with Crippen LogP contribution in [0, 0.1) is 6.92 Å². The summed E-state index contributed by atoms with van der Waals surface area (Å²) in [7, 11) is 0. The fourth-order valence-corrected chi connectivity index (χ4v) is 2.72. The summed E-state index contributed by atoms with van der Waals surface area (Å²) in [5.41, 5.74) is 8.28. The summed E-state index contributed by atoms with van der Waals surface area (Å²) in [5, 5.41) is 1.65. The Balaban J connectivity index is 2.05. The molecule has 0 aliphatic rings. The molecule has 0 unspecified atom stereocenters. The highest BCUT2D eigenvalue weighted by Gasteiger charge is 2.03. The predicted molar refractivity (Wildman–Crippen MR) is 79.0 cm³/mol. The van der Waals surface area contributed by atoms with Crippen molar-refractivity contribution in [2.24, 2.45) is 0 Å². The molecule has 94 valence electrons. The number of rotatable bonds is 4. The molecule has 0 fully saturated rings. The summed E-state index contributed by atoms with van der Waals surface area (Å²) in [6.07, 6.45) is 1.98. The first-order valence-electron chi connectivity index (χ1n) is 5.54. The minimum Gasteiger partial charge on any atom is -0.384 e. The van der Waals surface area contributed by atoms with Crippen molar-refractivity contribution in [3.63, 3.8) is 0 Å². The van der Waals surface area contributed by atoms with Crippen LogP contribution in [-0.2, 0) is 5.75 Å². The van der Waals surface area contributed by atoms with Gasteiger partial charge in [-0.2, -0.15) is 0 Å². The molecule has 2 N–H and O–H groups in total. The lowest BCUT2D eigenvalue weighted by Gasteiger charge is -2.04. The van der Waals surface area contributed by atoms with Crippen LogP contribution in [0.15, 0.2) is 40.5 Å². The molecule has 5 heteroatoms. The summed E-state index contributed by atoms with van der Waals surface area (Å²) >= 11 is 3.18. The Morgan fingerprint density at radius 1 is 1.17 bits per heavy atom. The molecular weight excluding hydrogens is 262 g/mol. The first kappa shape index (κ1) is 13.2. The SMILES string of the molecule is CSc1cc(N)nc(SCc2ccc(C)cc2)n1. The minimum absolute atomic E-state index is 0.528. The van der Waals surface area contributed by atoms with Crippen LogP contribution in [0.1, 0.15) is 11.1 Å². The smallest absolute Gasteiger partial charge is 0.190 e. The van der Waals surface area contributed by atoms with Crippen molar-refractivity contribution in [2.75, 3.05) is 12.0 Å². The summed E-state index contributed by atoms with van der Waals surface area (Å²) in [6.45, 7) is 2.09. The molecule has 0 aliphatic carbocycles. The molecule has 3 nitrogen and oxygen atoms in total. The zero-order valence-corrected chi connectivity index (χ0v) is 12.0. The van der Waals surface area contributed by atoms with Crippen LogP contribution < -0.4 is 5.73 Å². The largest absolute Gasteiger partial charge is 0.384 e. The van der Waals surface area contributed by atoms with Crippen LogP contribution in [0.2, 0.25) is 0 Å². The fourth-order valence-electron chi connectivity index (χ4n) is 1.42. The van der Waals surface area contributed by atoms with E-state index >= 15 is 0 Å². The molecule has 0 amide bonds. The maximum atomic E-state index is 5.75. The number of nitrogens with two attached hydrogens (primary N) is 1. The minimum atomic E-state index is 0.528. The monoisotopic (exact) mass is 277 g/mol. The summed E-state index contributed by atoms with van der Waals surface area (Å²) in [4.78, 5) is 8.65. The first-order chi connectivity index (χ1) is 8.67.